The Labute approximate surface area is 183 Å². The van der Waals surface area contributed by atoms with Crippen molar-refractivity contribution in [3.63, 3.8) is 0 Å². The van der Waals surface area contributed by atoms with Gasteiger partial charge in [-0.1, -0.05) is 6.42 Å². The third kappa shape index (κ3) is 7.50. The molecule has 11 nitrogen and oxygen atoms in total. The van der Waals surface area contributed by atoms with Crippen molar-refractivity contribution in [1.82, 2.24) is 16.2 Å². The van der Waals surface area contributed by atoms with Crippen molar-refractivity contribution in [2.45, 2.75) is 56.8 Å². The average molecular weight is 467 g/mol. The zero-order valence-electron chi connectivity index (χ0n) is 17.5. The molecule has 14 heteroatoms. The SMILES string of the molecule is NC1=NC(=O)[N+](CCNC(=O)CCCCCNNC(F)(F)F)([C@H]2C[C@H](O)[C@@H](CO)O2)C=C1. The lowest BCUT2D eigenvalue weighted by molar-refractivity contribution is -0.849. The maximum atomic E-state index is 12.7. The molecule has 4 atom stereocenters. The number of halogens is 3. The number of unbranched alkanes of at least 4 members (excludes halogenated alkanes) is 2. The molecule has 0 aromatic rings. The van der Waals surface area contributed by atoms with Gasteiger partial charge in [0.25, 0.3) is 0 Å². The van der Waals surface area contributed by atoms with Crippen LogP contribution in [0.5, 0.6) is 0 Å². The molecule has 7 N–H and O–H groups in total. The molecule has 3 amide bonds. The van der Waals surface area contributed by atoms with Crippen LogP contribution in [-0.2, 0) is 9.53 Å². The molecule has 0 saturated carbocycles. The van der Waals surface area contributed by atoms with E-state index in [2.05, 4.69) is 15.7 Å². The molecule has 0 aromatic carbocycles. The van der Waals surface area contributed by atoms with Gasteiger partial charge in [0.05, 0.1) is 25.7 Å². The molecule has 0 aliphatic carbocycles. The van der Waals surface area contributed by atoms with Crippen molar-refractivity contribution < 1.29 is 42.2 Å². The molecule has 2 aliphatic rings. The van der Waals surface area contributed by atoms with Crippen molar-refractivity contribution in [2.24, 2.45) is 10.7 Å². The molecule has 2 aliphatic heterocycles. The highest BCUT2D eigenvalue weighted by atomic mass is 19.4. The Hall–Kier alpha value is -2.10. The van der Waals surface area contributed by atoms with Crippen molar-refractivity contribution in [2.75, 3.05) is 26.2 Å². The number of aliphatic imine (C=N–C) groups is 1. The van der Waals surface area contributed by atoms with Gasteiger partial charge in [0.15, 0.2) is 0 Å². The van der Waals surface area contributed by atoms with Crippen LogP contribution in [0.4, 0.5) is 18.0 Å². The summed E-state index contributed by atoms with van der Waals surface area (Å²) in [5, 5.41) is 22.1. The Balaban J connectivity index is 1.77. The van der Waals surface area contributed by atoms with Crippen LogP contribution in [0, 0.1) is 0 Å². The summed E-state index contributed by atoms with van der Waals surface area (Å²) in [7, 11) is 0. The number of amides is 3. The predicted molar refractivity (Wildman–Crippen MR) is 106 cm³/mol. The van der Waals surface area contributed by atoms with Gasteiger partial charge in [-0.3, -0.25) is 10.2 Å². The van der Waals surface area contributed by atoms with Gasteiger partial charge in [-0.2, -0.15) is 23.1 Å². The number of urea groups is 1. The van der Waals surface area contributed by atoms with Gasteiger partial charge >= 0.3 is 12.3 Å². The van der Waals surface area contributed by atoms with Gasteiger partial charge in [-0.25, -0.2) is 4.79 Å². The average Bonchev–Trinajstić information content (AvgIpc) is 3.09. The van der Waals surface area contributed by atoms with Crippen LogP contribution in [0.2, 0.25) is 0 Å². The highest BCUT2D eigenvalue weighted by Gasteiger charge is 2.51. The third-order valence-corrected chi connectivity index (χ3v) is 5.23. The monoisotopic (exact) mass is 467 g/mol. The molecule has 2 heterocycles. The van der Waals surface area contributed by atoms with E-state index in [4.69, 9.17) is 10.5 Å². The summed E-state index contributed by atoms with van der Waals surface area (Å²) in [6, 6.07) is -0.602. The number of aliphatic hydroxyl groups is 2. The highest BCUT2D eigenvalue weighted by Crippen LogP contribution is 2.31. The lowest BCUT2D eigenvalue weighted by Gasteiger charge is -2.36. The number of hydrazine groups is 1. The summed E-state index contributed by atoms with van der Waals surface area (Å²) >= 11 is 0. The number of carbonyl (C=O) groups is 2. The van der Waals surface area contributed by atoms with E-state index in [1.54, 1.807) is 0 Å². The molecule has 0 spiro atoms. The van der Waals surface area contributed by atoms with Crippen LogP contribution >= 0.6 is 0 Å². The summed E-state index contributed by atoms with van der Waals surface area (Å²) in [4.78, 5) is 28.5. The molecule has 1 unspecified atom stereocenters. The van der Waals surface area contributed by atoms with Gasteiger partial charge in [-0.15, -0.1) is 4.99 Å². The second kappa shape index (κ2) is 11.7. The molecular weight excluding hydrogens is 437 g/mol. The summed E-state index contributed by atoms with van der Waals surface area (Å²) in [5.74, 6) is -0.230. The van der Waals surface area contributed by atoms with E-state index < -0.39 is 41.9 Å². The van der Waals surface area contributed by atoms with Crippen molar-refractivity contribution in [3.8, 4) is 0 Å². The number of nitrogens with one attached hydrogen (secondary N) is 3. The van der Waals surface area contributed by atoms with E-state index in [0.29, 0.717) is 19.3 Å². The molecule has 0 bridgehead atoms. The van der Waals surface area contributed by atoms with Crippen molar-refractivity contribution in [1.29, 1.82) is 0 Å². The fourth-order valence-electron chi connectivity index (χ4n) is 3.52. The summed E-state index contributed by atoms with van der Waals surface area (Å²) < 4.78 is 41.0. The van der Waals surface area contributed by atoms with Gasteiger partial charge < -0.3 is 26.0 Å². The second-order valence-electron chi connectivity index (χ2n) is 7.61. The Bertz CT molecular complexity index is 720. The maximum Gasteiger partial charge on any atom is 0.470 e. The minimum atomic E-state index is -4.48. The van der Waals surface area contributed by atoms with E-state index in [9.17, 15) is 33.0 Å². The van der Waals surface area contributed by atoms with Gasteiger partial charge in [0.2, 0.25) is 12.1 Å². The number of aliphatic hydroxyl groups excluding tert-OH is 2. The van der Waals surface area contributed by atoms with E-state index in [-0.39, 0.29) is 44.2 Å². The second-order valence-corrected chi connectivity index (χ2v) is 7.61. The maximum absolute atomic E-state index is 12.7. The van der Waals surface area contributed by atoms with E-state index in [1.807, 2.05) is 0 Å². The third-order valence-electron chi connectivity index (χ3n) is 5.23. The number of quaternary nitrogens is 1. The van der Waals surface area contributed by atoms with Crippen molar-refractivity contribution >= 4 is 17.8 Å². The first kappa shape index (κ1) is 26.2. The van der Waals surface area contributed by atoms with Crippen LogP contribution < -0.4 is 21.9 Å². The zero-order valence-corrected chi connectivity index (χ0v) is 17.5. The van der Waals surface area contributed by atoms with Gasteiger partial charge in [0, 0.05) is 19.0 Å². The van der Waals surface area contributed by atoms with E-state index in [1.165, 1.54) is 17.7 Å². The smallest absolute Gasteiger partial charge is 0.394 e. The zero-order chi connectivity index (χ0) is 23.8. The first-order chi connectivity index (χ1) is 15.1. The molecule has 0 radical (unpaired) electrons. The number of amidine groups is 1. The number of ether oxygens (including phenoxy) is 1. The van der Waals surface area contributed by atoms with Crippen molar-refractivity contribution in [3.05, 3.63) is 12.3 Å². The largest absolute Gasteiger partial charge is 0.470 e. The predicted octanol–water partition coefficient (Wildman–Crippen LogP) is -0.433. The molecule has 2 rings (SSSR count). The number of hydrogen-bond donors (Lipinski definition) is 6. The van der Waals surface area contributed by atoms with Crippen LogP contribution in [0.1, 0.15) is 32.1 Å². The lowest BCUT2D eigenvalue weighted by atomic mass is 10.1. The number of hydrogen-bond acceptors (Lipinski definition) is 8. The quantitative estimate of drug-likeness (QED) is 0.0976. The number of alkyl halides is 3. The van der Waals surface area contributed by atoms with Crippen LogP contribution in [0.25, 0.3) is 0 Å². The van der Waals surface area contributed by atoms with Crippen LogP contribution in [-0.4, -0.2) is 83.4 Å². The normalized spacial score (nSPS) is 28.1. The molecule has 1 fully saturated rings. The molecular formula is C18H30F3N6O5+. The summed E-state index contributed by atoms with van der Waals surface area (Å²) in [6.07, 6.45) is -2.28. The van der Waals surface area contributed by atoms with Gasteiger partial charge in [-0.05, 0) is 12.8 Å². The number of carbonyl (C=O) groups excluding carboxylic acids is 2. The first-order valence-electron chi connectivity index (χ1n) is 10.3. The molecule has 32 heavy (non-hydrogen) atoms. The minimum absolute atomic E-state index is 0.0324. The van der Waals surface area contributed by atoms with Gasteiger partial charge in [0.1, 0.15) is 24.7 Å². The Kier molecular flexibility index (Phi) is 9.54. The number of nitrogens with two attached hydrogens (primary N) is 1. The molecule has 1 saturated heterocycles. The Morgan fingerprint density at radius 1 is 1.31 bits per heavy atom. The highest BCUT2D eigenvalue weighted by molar-refractivity contribution is 5.99. The fraction of sp³-hybridized carbons (Fsp3) is 0.722. The standard InChI is InChI=1S/C18H29F3N6O5/c19-18(20,21)26-24-6-3-1-2-4-15(30)23-7-9-27(8-5-14(22)25-17(27)31)16-10-12(29)13(11-28)32-16/h5,8,12-13,16,24,26,28-29H,1-4,6-7,9-11H2,(H2-,22,23,25,30,31)/p+1/t12-,13+,16+,27?/m0/s1. The van der Waals surface area contributed by atoms with Crippen LogP contribution in [0.15, 0.2) is 17.3 Å². The lowest BCUT2D eigenvalue weighted by Crippen LogP contribution is -2.58. The number of rotatable bonds is 12. The Morgan fingerprint density at radius 2 is 2.06 bits per heavy atom. The summed E-state index contributed by atoms with van der Waals surface area (Å²) in [5.41, 5.74) is 8.84. The number of nitrogens with zero attached hydrogens (tertiary/aromatic N) is 2. The van der Waals surface area contributed by atoms with Crippen LogP contribution in [0.3, 0.4) is 0 Å². The summed E-state index contributed by atoms with van der Waals surface area (Å²) in [6.45, 7) is -0.0810. The first-order valence-corrected chi connectivity index (χ1v) is 10.3. The molecule has 182 valence electrons. The Morgan fingerprint density at radius 3 is 2.69 bits per heavy atom. The minimum Gasteiger partial charge on any atom is -0.394 e. The molecule has 0 aromatic heterocycles. The fourth-order valence-corrected chi connectivity index (χ4v) is 3.52. The van der Waals surface area contributed by atoms with E-state index in [0.717, 1.165) is 0 Å². The van der Waals surface area contributed by atoms with E-state index >= 15 is 0 Å². The topological polar surface area (TPSA) is 158 Å².